The predicted molar refractivity (Wildman–Crippen MR) is 77.3 cm³/mol. The molecule has 1 aromatic carbocycles. The van der Waals surface area contributed by atoms with Gasteiger partial charge in [0.25, 0.3) is 5.91 Å². The van der Waals surface area contributed by atoms with E-state index in [-0.39, 0.29) is 17.7 Å². The summed E-state index contributed by atoms with van der Waals surface area (Å²) >= 11 is 0. The SMILES string of the molecule is CNC(=O)c1cccc(CNC(=O)C2CCCNC2)c1. The van der Waals surface area contributed by atoms with Gasteiger partial charge in [-0.2, -0.15) is 0 Å². The van der Waals surface area contributed by atoms with Gasteiger partial charge in [-0.3, -0.25) is 9.59 Å². The smallest absolute Gasteiger partial charge is 0.251 e. The van der Waals surface area contributed by atoms with Crippen LogP contribution in [0.4, 0.5) is 0 Å². The summed E-state index contributed by atoms with van der Waals surface area (Å²) < 4.78 is 0. The van der Waals surface area contributed by atoms with Crippen LogP contribution >= 0.6 is 0 Å². The number of nitrogens with one attached hydrogen (secondary N) is 3. The summed E-state index contributed by atoms with van der Waals surface area (Å²) in [5.74, 6) is 0.0306. The first kappa shape index (κ1) is 14.5. The normalized spacial score (nSPS) is 18.4. The highest BCUT2D eigenvalue weighted by atomic mass is 16.2. The molecular formula is C15H21N3O2. The van der Waals surface area contributed by atoms with E-state index in [4.69, 9.17) is 0 Å². The topological polar surface area (TPSA) is 70.2 Å². The highest BCUT2D eigenvalue weighted by Crippen LogP contribution is 2.10. The molecule has 2 rings (SSSR count). The highest BCUT2D eigenvalue weighted by Gasteiger charge is 2.20. The van der Waals surface area contributed by atoms with Crippen LogP contribution in [0.3, 0.4) is 0 Å². The third kappa shape index (κ3) is 3.81. The third-order valence-corrected chi connectivity index (χ3v) is 3.55. The van der Waals surface area contributed by atoms with Crippen molar-refractivity contribution in [3.05, 3.63) is 35.4 Å². The lowest BCUT2D eigenvalue weighted by molar-refractivity contribution is -0.125. The van der Waals surface area contributed by atoms with E-state index in [2.05, 4.69) is 16.0 Å². The Morgan fingerprint density at radius 3 is 2.95 bits per heavy atom. The van der Waals surface area contributed by atoms with Crippen molar-refractivity contribution >= 4 is 11.8 Å². The molecule has 1 atom stereocenters. The first-order valence-electron chi connectivity index (χ1n) is 7.00. The zero-order valence-corrected chi connectivity index (χ0v) is 11.7. The Morgan fingerprint density at radius 1 is 1.40 bits per heavy atom. The van der Waals surface area contributed by atoms with E-state index in [0.717, 1.165) is 31.5 Å². The summed E-state index contributed by atoms with van der Waals surface area (Å²) in [6.45, 7) is 2.21. The van der Waals surface area contributed by atoms with Crippen molar-refractivity contribution < 1.29 is 9.59 Å². The van der Waals surface area contributed by atoms with Gasteiger partial charge in [-0.15, -0.1) is 0 Å². The average molecular weight is 275 g/mol. The zero-order valence-electron chi connectivity index (χ0n) is 11.7. The van der Waals surface area contributed by atoms with Crippen LogP contribution in [-0.2, 0) is 11.3 Å². The monoisotopic (exact) mass is 275 g/mol. The van der Waals surface area contributed by atoms with Crippen molar-refractivity contribution in [2.75, 3.05) is 20.1 Å². The van der Waals surface area contributed by atoms with Gasteiger partial charge in [0.15, 0.2) is 0 Å². The van der Waals surface area contributed by atoms with E-state index in [0.29, 0.717) is 12.1 Å². The van der Waals surface area contributed by atoms with Gasteiger partial charge in [0.1, 0.15) is 0 Å². The zero-order chi connectivity index (χ0) is 14.4. The number of carbonyl (C=O) groups excluding carboxylic acids is 2. The molecule has 1 unspecified atom stereocenters. The second-order valence-electron chi connectivity index (χ2n) is 5.04. The van der Waals surface area contributed by atoms with Crippen LogP contribution in [-0.4, -0.2) is 32.0 Å². The lowest BCUT2D eigenvalue weighted by Gasteiger charge is -2.21. The second kappa shape index (κ2) is 7.05. The Labute approximate surface area is 119 Å². The first-order chi connectivity index (χ1) is 9.70. The van der Waals surface area contributed by atoms with Crippen LogP contribution in [0.15, 0.2) is 24.3 Å². The quantitative estimate of drug-likeness (QED) is 0.756. The molecule has 0 spiro atoms. The van der Waals surface area contributed by atoms with E-state index in [9.17, 15) is 9.59 Å². The number of piperidine rings is 1. The van der Waals surface area contributed by atoms with Crippen LogP contribution < -0.4 is 16.0 Å². The lowest BCUT2D eigenvalue weighted by atomic mass is 9.99. The van der Waals surface area contributed by atoms with Crippen molar-refractivity contribution in [3.8, 4) is 0 Å². The van der Waals surface area contributed by atoms with Crippen LogP contribution in [0, 0.1) is 5.92 Å². The van der Waals surface area contributed by atoms with Gasteiger partial charge < -0.3 is 16.0 Å². The molecule has 5 nitrogen and oxygen atoms in total. The van der Waals surface area contributed by atoms with E-state index >= 15 is 0 Å². The van der Waals surface area contributed by atoms with Crippen molar-refractivity contribution in [3.63, 3.8) is 0 Å². The van der Waals surface area contributed by atoms with Crippen LogP contribution in [0.25, 0.3) is 0 Å². The Morgan fingerprint density at radius 2 is 2.25 bits per heavy atom. The summed E-state index contributed by atoms with van der Waals surface area (Å²) in [6, 6.07) is 7.30. The molecule has 0 aliphatic carbocycles. The van der Waals surface area contributed by atoms with Gasteiger partial charge in [-0.1, -0.05) is 12.1 Å². The number of carbonyl (C=O) groups is 2. The molecule has 3 N–H and O–H groups in total. The lowest BCUT2D eigenvalue weighted by Crippen LogP contribution is -2.40. The highest BCUT2D eigenvalue weighted by molar-refractivity contribution is 5.94. The molecule has 1 aliphatic rings. The van der Waals surface area contributed by atoms with Gasteiger partial charge in [0.2, 0.25) is 5.91 Å². The second-order valence-corrected chi connectivity index (χ2v) is 5.04. The molecular weight excluding hydrogens is 254 g/mol. The molecule has 0 saturated carbocycles. The molecule has 0 bridgehead atoms. The third-order valence-electron chi connectivity index (χ3n) is 3.55. The summed E-state index contributed by atoms with van der Waals surface area (Å²) in [4.78, 5) is 23.6. The van der Waals surface area contributed by atoms with E-state index < -0.39 is 0 Å². The summed E-state index contributed by atoms with van der Waals surface area (Å²) in [7, 11) is 1.60. The Bertz CT molecular complexity index is 482. The largest absolute Gasteiger partial charge is 0.355 e. The average Bonchev–Trinajstić information content (AvgIpc) is 2.53. The number of hydrogen-bond acceptors (Lipinski definition) is 3. The minimum Gasteiger partial charge on any atom is -0.355 e. The van der Waals surface area contributed by atoms with Gasteiger partial charge in [-0.25, -0.2) is 0 Å². The minimum atomic E-state index is -0.116. The molecule has 5 heteroatoms. The molecule has 0 radical (unpaired) electrons. The number of benzene rings is 1. The Kier molecular flexibility index (Phi) is 5.12. The Balaban J connectivity index is 1.90. The number of hydrogen-bond donors (Lipinski definition) is 3. The summed E-state index contributed by atoms with van der Waals surface area (Å²) in [6.07, 6.45) is 1.99. The van der Waals surface area contributed by atoms with E-state index in [1.807, 2.05) is 12.1 Å². The first-order valence-corrected chi connectivity index (χ1v) is 7.00. The van der Waals surface area contributed by atoms with Crippen molar-refractivity contribution in [1.29, 1.82) is 0 Å². The minimum absolute atomic E-state index is 0.0610. The fourth-order valence-electron chi connectivity index (χ4n) is 2.38. The van der Waals surface area contributed by atoms with Crippen LogP contribution in [0.5, 0.6) is 0 Å². The van der Waals surface area contributed by atoms with Gasteiger partial charge in [0.05, 0.1) is 5.92 Å². The van der Waals surface area contributed by atoms with Gasteiger partial charge in [-0.05, 0) is 37.1 Å². The molecule has 0 aromatic heterocycles. The maximum atomic E-state index is 12.0. The van der Waals surface area contributed by atoms with E-state index in [1.54, 1.807) is 19.2 Å². The Hall–Kier alpha value is -1.88. The maximum absolute atomic E-state index is 12.0. The molecule has 20 heavy (non-hydrogen) atoms. The standard InChI is InChI=1S/C15H21N3O2/c1-16-14(19)12-5-2-4-11(8-12)9-18-15(20)13-6-3-7-17-10-13/h2,4-5,8,13,17H,3,6-7,9-10H2,1H3,(H,16,19)(H,18,20). The predicted octanol–water partition coefficient (Wildman–Crippen LogP) is 0.662. The molecule has 1 saturated heterocycles. The summed E-state index contributed by atoms with van der Waals surface area (Å²) in [5.41, 5.74) is 1.54. The van der Waals surface area contributed by atoms with Crippen molar-refractivity contribution in [1.82, 2.24) is 16.0 Å². The fraction of sp³-hybridized carbons (Fsp3) is 0.467. The molecule has 108 valence electrons. The van der Waals surface area contributed by atoms with Crippen molar-refractivity contribution in [2.24, 2.45) is 5.92 Å². The molecule has 1 aromatic rings. The van der Waals surface area contributed by atoms with E-state index in [1.165, 1.54) is 0 Å². The van der Waals surface area contributed by atoms with Crippen LogP contribution in [0.2, 0.25) is 0 Å². The fourth-order valence-corrected chi connectivity index (χ4v) is 2.38. The van der Waals surface area contributed by atoms with Gasteiger partial charge >= 0.3 is 0 Å². The van der Waals surface area contributed by atoms with Crippen LogP contribution in [0.1, 0.15) is 28.8 Å². The molecule has 2 amide bonds. The maximum Gasteiger partial charge on any atom is 0.251 e. The molecule has 1 fully saturated rings. The number of amides is 2. The molecule has 1 heterocycles. The van der Waals surface area contributed by atoms with Crippen molar-refractivity contribution in [2.45, 2.75) is 19.4 Å². The number of rotatable bonds is 4. The van der Waals surface area contributed by atoms with Gasteiger partial charge in [0, 0.05) is 25.7 Å². The summed E-state index contributed by atoms with van der Waals surface area (Å²) in [5, 5.41) is 8.76. The molecule has 1 aliphatic heterocycles.